The summed E-state index contributed by atoms with van der Waals surface area (Å²) in [4.78, 5) is 72.7. The second-order valence-corrected chi connectivity index (χ2v) is 31.3. The van der Waals surface area contributed by atoms with Crippen LogP contribution < -0.4 is 0 Å². The van der Waals surface area contributed by atoms with Gasteiger partial charge in [0, 0.05) is 25.7 Å². The highest BCUT2D eigenvalue weighted by atomic mass is 31.2. The van der Waals surface area contributed by atoms with Gasteiger partial charge in [0.1, 0.15) is 19.3 Å². The molecule has 0 aliphatic carbocycles. The molecule has 0 fully saturated rings. The van der Waals surface area contributed by atoms with Crippen molar-refractivity contribution in [2.24, 2.45) is 11.8 Å². The third-order valence-corrected chi connectivity index (χ3v) is 19.6. The van der Waals surface area contributed by atoms with E-state index in [1.165, 1.54) is 212 Å². The van der Waals surface area contributed by atoms with Crippen LogP contribution in [0.1, 0.15) is 395 Å². The molecule has 0 heterocycles. The molecule has 0 amide bonds. The quantitative estimate of drug-likeness (QED) is 0.0222. The van der Waals surface area contributed by atoms with E-state index in [0.29, 0.717) is 31.6 Å². The van der Waals surface area contributed by atoms with Gasteiger partial charge in [-0.05, 0) is 37.5 Å². The van der Waals surface area contributed by atoms with E-state index in [4.69, 9.17) is 37.0 Å². The van der Waals surface area contributed by atoms with Gasteiger partial charge in [0.15, 0.2) is 12.2 Å². The van der Waals surface area contributed by atoms with Crippen LogP contribution in [0.5, 0.6) is 0 Å². The zero-order valence-corrected chi connectivity index (χ0v) is 63.8. The summed E-state index contributed by atoms with van der Waals surface area (Å²) in [7, 11) is -9.91. The van der Waals surface area contributed by atoms with Crippen molar-refractivity contribution < 1.29 is 80.2 Å². The van der Waals surface area contributed by atoms with Gasteiger partial charge in [-0.2, -0.15) is 0 Å². The number of aliphatic hydroxyl groups excluding tert-OH is 1. The van der Waals surface area contributed by atoms with Gasteiger partial charge in [0.05, 0.1) is 26.4 Å². The average molecular weight is 1400 g/mol. The molecule has 0 bridgehead atoms. The van der Waals surface area contributed by atoms with Crippen molar-refractivity contribution in [1.29, 1.82) is 0 Å². The van der Waals surface area contributed by atoms with E-state index < -0.39 is 97.5 Å². The van der Waals surface area contributed by atoms with Crippen LogP contribution in [0.2, 0.25) is 0 Å². The summed E-state index contributed by atoms with van der Waals surface area (Å²) in [5.74, 6) is -0.603. The molecule has 0 aromatic rings. The smallest absolute Gasteiger partial charge is 0.462 e. The van der Waals surface area contributed by atoms with Crippen molar-refractivity contribution in [3.05, 3.63) is 0 Å². The molecule has 5 atom stereocenters. The lowest BCUT2D eigenvalue weighted by molar-refractivity contribution is -0.161. The van der Waals surface area contributed by atoms with E-state index in [0.717, 1.165) is 95.8 Å². The maximum atomic E-state index is 13.1. The van der Waals surface area contributed by atoms with Crippen molar-refractivity contribution in [2.75, 3.05) is 39.6 Å². The number of hydrogen-bond donors (Lipinski definition) is 3. The summed E-state index contributed by atoms with van der Waals surface area (Å²) in [5, 5.41) is 10.6. The minimum absolute atomic E-state index is 0.104. The summed E-state index contributed by atoms with van der Waals surface area (Å²) in [6.45, 7) is 9.55. The third kappa shape index (κ3) is 70.3. The lowest BCUT2D eigenvalue weighted by Gasteiger charge is -2.21. The maximum absolute atomic E-state index is 13.1. The predicted octanol–water partition coefficient (Wildman–Crippen LogP) is 22.3. The maximum Gasteiger partial charge on any atom is 0.472 e. The van der Waals surface area contributed by atoms with Crippen molar-refractivity contribution in [1.82, 2.24) is 0 Å². The monoisotopic (exact) mass is 1400 g/mol. The summed E-state index contributed by atoms with van der Waals surface area (Å²) in [6.07, 6.45) is 55.7. The fourth-order valence-corrected chi connectivity index (χ4v) is 13.2. The molecule has 564 valence electrons. The van der Waals surface area contributed by atoms with E-state index in [1.54, 1.807) is 0 Å². The topological polar surface area (TPSA) is 237 Å². The number of rotatable bonds is 75. The lowest BCUT2D eigenvalue weighted by atomic mass is 10.0. The number of carbonyl (C=O) groups is 4. The first-order chi connectivity index (χ1) is 45.9. The number of hydrogen-bond acceptors (Lipinski definition) is 15. The molecule has 95 heavy (non-hydrogen) atoms. The molecular formula is C76H148O17P2. The van der Waals surface area contributed by atoms with Gasteiger partial charge in [-0.1, -0.05) is 343 Å². The van der Waals surface area contributed by atoms with E-state index in [1.807, 2.05) is 0 Å². The zero-order chi connectivity index (χ0) is 70.0. The van der Waals surface area contributed by atoms with Gasteiger partial charge in [-0.25, -0.2) is 9.13 Å². The minimum Gasteiger partial charge on any atom is -0.462 e. The van der Waals surface area contributed by atoms with Gasteiger partial charge in [-0.15, -0.1) is 0 Å². The van der Waals surface area contributed by atoms with Crippen LogP contribution in [-0.4, -0.2) is 96.7 Å². The van der Waals surface area contributed by atoms with Crippen LogP contribution in [-0.2, 0) is 65.4 Å². The van der Waals surface area contributed by atoms with Gasteiger partial charge >= 0.3 is 39.5 Å². The fraction of sp³-hybridized carbons (Fsp3) is 0.947. The van der Waals surface area contributed by atoms with Crippen molar-refractivity contribution in [3.8, 4) is 0 Å². The van der Waals surface area contributed by atoms with Gasteiger partial charge in [0.2, 0.25) is 0 Å². The van der Waals surface area contributed by atoms with Gasteiger partial charge < -0.3 is 33.8 Å². The van der Waals surface area contributed by atoms with E-state index in [-0.39, 0.29) is 25.7 Å². The number of esters is 4. The van der Waals surface area contributed by atoms with E-state index in [2.05, 4.69) is 41.5 Å². The Morgan fingerprint density at radius 3 is 0.716 bits per heavy atom. The normalized spacial score (nSPS) is 14.0. The minimum atomic E-state index is -4.96. The third-order valence-electron chi connectivity index (χ3n) is 17.7. The van der Waals surface area contributed by atoms with Crippen LogP contribution in [0.3, 0.4) is 0 Å². The molecule has 0 aliphatic rings. The molecule has 0 saturated heterocycles. The molecule has 2 unspecified atom stereocenters. The SMILES string of the molecule is CCCCCCCCCCCCCCCCCC(=O)OC[C@H](COP(=O)(O)OC[C@@H](O)COP(=O)(O)OC[C@@H](COC(=O)CCCCCCCCCCC)OC(=O)CCCCCCCCCC(C)C)OC(=O)CCCCCCCCCCCCCCCCCCCCC(C)C. The predicted molar refractivity (Wildman–Crippen MR) is 386 cm³/mol. The van der Waals surface area contributed by atoms with Crippen LogP contribution >= 0.6 is 15.6 Å². The highest BCUT2D eigenvalue weighted by molar-refractivity contribution is 7.47. The highest BCUT2D eigenvalue weighted by Gasteiger charge is 2.30. The van der Waals surface area contributed by atoms with Crippen LogP contribution in [0.15, 0.2) is 0 Å². The van der Waals surface area contributed by atoms with Gasteiger partial charge in [-0.3, -0.25) is 37.3 Å². The molecule has 3 N–H and O–H groups in total. The Morgan fingerprint density at radius 1 is 0.284 bits per heavy atom. The molecule has 19 heteroatoms. The average Bonchev–Trinajstić information content (AvgIpc) is 1.19. The zero-order valence-electron chi connectivity index (χ0n) is 62.0. The molecule has 17 nitrogen and oxygen atoms in total. The summed E-state index contributed by atoms with van der Waals surface area (Å²) >= 11 is 0. The Morgan fingerprint density at radius 2 is 0.484 bits per heavy atom. The summed E-state index contributed by atoms with van der Waals surface area (Å²) in [5.41, 5.74) is 0. The van der Waals surface area contributed by atoms with Crippen molar-refractivity contribution in [2.45, 2.75) is 413 Å². The number of carbonyl (C=O) groups excluding carboxylic acids is 4. The highest BCUT2D eigenvalue weighted by Crippen LogP contribution is 2.45. The molecule has 0 aromatic carbocycles. The van der Waals surface area contributed by atoms with Crippen LogP contribution in [0.4, 0.5) is 0 Å². The second-order valence-electron chi connectivity index (χ2n) is 28.3. The fourth-order valence-electron chi connectivity index (χ4n) is 11.7. The Kier molecular flexibility index (Phi) is 66.5. The Labute approximate surface area is 581 Å². The number of ether oxygens (including phenoxy) is 4. The Balaban J connectivity index is 5.18. The first kappa shape index (κ1) is 93.1. The number of unbranched alkanes of at least 4 members (excludes halogenated alkanes) is 45. The molecule has 0 aromatic heterocycles. The Hall–Kier alpha value is -1.94. The molecule has 0 radical (unpaired) electrons. The van der Waals surface area contributed by atoms with Crippen LogP contribution in [0.25, 0.3) is 0 Å². The first-order valence-electron chi connectivity index (χ1n) is 39.5. The second kappa shape index (κ2) is 67.9. The van der Waals surface area contributed by atoms with E-state index in [9.17, 15) is 43.2 Å². The lowest BCUT2D eigenvalue weighted by Crippen LogP contribution is -2.30. The standard InChI is InChI=1S/C76H148O17P2/c1-7-9-11-13-15-17-18-19-24-28-31-35-41-47-53-59-74(79)87-64-71(92-75(80)60-54-48-42-36-32-29-26-23-21-20-22-25-27-30-34-38-44-50-56-68(3)4)66-90-94(82,83)88-62-70(77)63-89-95(84,85)91-67-72(65-86-73(78)58-52-46-40-33-16-14-12-10-8-2)93-76(81)61-55-49-43-37-39-45-51-57-69(5)6/h68-72,77H,7-67H2,1-6H3,(H,82,83)(H,84,85)/t70-,71-,72-/m1/s1. The van der Waals surface area contributed by atoms with Crippen molar-refractivity contribution >= 4 is 39.5 Å². The summed E-state index contributed by atoms with van der Waals surface area (Å²) < 4.78 is 68.4. The number of phosphoric ester groups is 2. The number of phosphoric acid groups is 2. The molecule has 0 spiro atoms. The molecular weight excluding hydrogens is 1250 g/mol. The molecule has 0 rings (SSSR count). The first-order valence-corrected chi connectivity index (χ1v) is 42.5. The summed E-state index contributed by atoms with van der Waals surface area (Å²) in [6, 6.07) is 0. The molecule has 0 saturated carbocycles. The van der Waals surface area contributed by atoms with E-state index >= 15 is 0 Å². The van der Waals surface area contributed by atoms with Crippen molar-refractivity contribution in [3.63, 3.8) is 0 Å². The van der Waals surface area contributed by atoms with Gasteiger partial charge in [0.25, 0.3) is 0 Å². The van der Waals surface area contributed by atoms with Crippen LogP contribution in [0, 0.1) is 11.8 Å². The molecule has 0 aliphatic heterocycles. The Bertz CT molecular complexity index is 1840. The largest absolute Gasteiger partial charge is 0.472 e. The number of aliphatic hydroxyl groups is 1.